The van der Waals surface area contributed by atoms with Crippen molar-refractivity contribution in [2.45, 2.75) is 57.9 Å². The molecule has 102 valence electrons. The summed E-state index contributed by atoms with van der Waals surface area (Å²) in [5.41, 5.74) is 0.408. The molecular formula is C15H24ClNO. The summed E-state index contributed by atoms with van der Waals surface area (Å²) < 4.78 is 0. The second-order valence-corrected chi connectivity index (χ2v) is 7.21. The van der Waals surface area contributed by atoms with Crippen LogP contribution in [0.4, 0.5) is 0 Å². The molecular weight excluding hydrogens is 246 g/mol. The first-order valence-electron chi connectivity index (χ1n) is 7.50. The molecule has 1 atom stereocenters. The normalized spacial score (nSPS) is 42.9. The van der Waals surface area contributed by atoms with Gasteiger partial charge in [0.05, 0.1) is 0 Å². The van der Waals surface area contributed by atoms with E-state index >= 15 is 0 Å². The highest BCUT2D eigenvalue weighted by Gasteiger charge is 2.53. The van der Waals surface area contributed by atoms with Crippen molar-refractivity contribution in [1.82, 2.24) is 5.32 Å². The predicted octanol–water partition coefficient (Wildman–Crippen LogP) is 3.34. The van der Waals surface area contributed by atoms with E-state index in [-0.39, 0.29) is 11.8 Å². The lowest BCUT2D eigenvalue weighted by Gasteiger charge is -2.59. The van der Waals surface area contributed by atoms with Gasteiger partial charge >= 0.3 is 0 Å². The fourth-order valence-corrected chi connectivity index (χ4v) is 5.60. The molecule has 0 heterocycles. The molecule has 4 saturated carbocycles. The molecule has 4 bridgehead atoms. The minimum absolute atomic E-state index is 0.0132. The summed E-state index contributed by atoms with van der Waals surface area (Å²) in [4.78, 5) is 11.6. The van der Waals surface area contributed by atoms with Crippen LogP contribution in [0, 0.1) is 23.2 Å². The van der Waals surface area contributed by atoms with E-state index in [4.69, 9.17) is 11.6 Å². The molecule has 1 amide bonds. The van der Waals surface area contributed by atoms with Gasteiger partial charge in [-0.2, -0.15) is 0 Å². The van der Waals surface area contributed by atoms with Gasteiger partial charge in [0.15, 0.2) is 0 Å². The summed E-state index contributed by atoms with van der Waals surface area (Å²) >= 11 is 5.65. The van der Waals surface area contributed by atoms with Gasteiger partial charge < -0.3 is 5.32 Å². The molecule has 0 aromatic heterocycles. The number of rotatable bonds is 4. The van der Waals surface area contributed by atoms with E-state index in [0.717, 1.165) is 24.2 Å². The van der Waals surface area contributed by atoms with Crippen LogP contribution in [-0.4, -0.2) is 17.8 Å². The number of hydrogen-bond acceptors (Lipinski definition) is 1. The second kappa shape index (κ2) is 4.70. The monoisotopic (exact) mass is 269 g/mol. The number of amides is 1. The van der Waals surface area contributed by atoms with Crippen molar-refractivity contribution in [3.63, 3.8) is 0 Å². The summed E-state index contributed by atoms with van der Waals surface area (Å²) in [6, 6.07) is 0.358. The second-order valence-electron chi connectivity index (χ2n) is 6.94. The lowest BCUT2D eigenvalue weighted by atomic mass is 9.47. The van der Waals surface area contributed by atoms with Crippen LogP contribution >= 0.6 is 11.6 Å². The molecule has 0 saturated heterocycles. The average molecular weight is 270 g/mol. The van der Waals surface area contributed by atoms with Gasteiger partial charge in [-0.25, -0.2) is 0 Å². The summed E-state index contributed by atoms with van der Waals surface area (Å²) in [6.07, 6.45) is 9.46. The van der Waals surface area contributed by atoms with Crippen LogP contribution < -0.4 is 5.32 Å². The van der Waals surface area contributed by atoms with E-state index in [1.165, 1.54) is 38.5 Å². The third-order valence-corrected chi connectivity index (χ3v) is 5.93. The molecule has 4 rings (SSSR count). The number of carbonyl (C=O) groups is 1. The third kappa shape index (κ3) is 2.07. The molecule has 0 aromatic carbocycles. The van der Waals surface area contributed by atoms with Gasteiger partial charge in [0.25, 0.3) is 0 Å². The third-order valence-electron chi connectivity index (χ3n) is 5.69. The molecule has 4 aliphatic rings. The van der Waals surface area contributed by atoms with Crippen molar-refractivity contribution < 1.29 is 4.79 Å². The van der Waals surface area contributed by atoms with E-state index in [1.54, 1.807) is 0 Å². The maximum absolute atomic E-state index is 11.6. The van der Waals surface area contributed by atoms with Crippen LogP contribution in [0.3, 0.4) is 0 Å². The molecule has 3 heteroatoms. The number of carbonyl (C=O) groups excluding carboxylic acids is 1. The van der Waals surface area contributed by atoms with Crippen molar-refractivity contribution in [1.29, 1.82) is 0 Å². The largest absolute Gasteiger partial charge is 0.352 e. The smallest absolute Gasteiger partial charge is 0.235 e. The first-order valence-corrected chi connectivity index (χ1v) is 8.04. The average Bonchev–Trinajstić information content (AvgIpc) is 2.33. The lowest BCUT2D eigenvalue weighted by molar-refractivity contribution is -0.124. The number of alkyl halides is 1. The van der Waals surface area contributed by atoms with Gasteiger partial charge in [-0.15, -0.1) is 11.6 Å². The van der Waals surface area contributed by atoms with Crippen LogP contribution in [0.2, 0.25) is 0 Å². The van der Waals surface area contributed by atoms with E-state index in [1.807, 2.05) is 0 Å². The molecule has 4 fully saturated rings. The molecule has 0 radical (unpaired) electrons. The zero-order valence-corrected chi connectivity index (χ0v) is 12.0. The van der Waals surface area contributed by atoms with E-state index in [2.05, 4.69) is 12.2 Å². The Morgan fingerprint density at radius 2 is 1.72 bits per heavy atom. The van der Waals surface area contributed by atoms with Gasteiger partial charge in [-0.1, -0.05) is 6.92 Å². The van der Waals surface area contributed by atoms with E-state index < -0.39 is 0 Å². The molecule has 0 aromatic rings. The fourth-order valence-electron chi connectivity index (χ4n) is 5.53. The SMILES string of the molecule is CCC(NC(=O)CCl)C12CC3CC(CC(C3)C1)C2. The highest BCUT2D eigenvalue weighted by atomic mass is 35.5. The standard InChI is InChI=1S/C15H24ClNO/c1-2-13(17-14(18)9-16)15-6-10-3-11(7-15)5-12(4-10)8-15/h10-13H,2-9H2,1H3,(H,17,18). The number of hydrogen-bond donors (Lipinski definition) is 1. The molecule has 1 N–H and O–H groups in total. The Kier molecular flexibility index (Phi) is 3.34. The number of nitrogens with one attached hydrogen (secondary N) is 1. The quantitative estimate of drug-likeness (QED) is 0.780. The minimum Gasteiger partial charge on any atom is -0.352 e. The maximum atomic E-state index is 11.6. The highest BCUT2D eigenvalue weighted by Crippen LogP contribution is 2.61. The Hall–Kier alpha value is -0.240. The first kappa shape index (κ1) is 12.8. The lowest BCUT2D eigenvalue weighted by Crippen LogP contribution is -2.56. The zero-order chi connectivity index (χ0) is 12.8. The number of halogens is 1. The van der Waals surface area contributed by atoms with Gasteiger partial charge in [0.2, 0.25) is 5.91 Å². The van der Waals surface area contributed by atoms with Gasteiger partial charge in [-0.3, -0.25) is 4.79 Å². The molecule has 2 nitrogen and oxygen atoms in total. The van der Waals surface area contributed by atoms with Crippen molar-refractivity contribution in [3.05, 3.63) is 0 Å². The molecule has 1 unspecified atom stereocenters. The fraction of sp³-hybridized carbons (Fsp3) is 0.933. The first-order chi connectivity index (χ1) is 8.65. The Morgan fingerprint density at radius 1 is 1.22 bits per heavy atom. The summed E-state index contributed by atoms with van der Waals surface area (Å²) in [7, 11) is 0. The van der Waals surface area contributed by atoms with Crippen LogP contribution in [-0.2, 0) is 4.79 Å². The minimum atomic E-state index is 0.0132. The van der Waals surface area contributed by atoms with E-state index in [9.17, 15) is 4.79 Å². The van der Waals surface area contributed by atoms with Crippen molar-refractivity contribution in [3.8, 4) is 0 Å². The van der Waals surface area contributed by atoms with Crippen molar-refractivity contribution in [2.24, 2.45) is 23.2 Å². The summed E-state index contributed by atoms with van der Waals surface area (Å²) in [5, 5.41) is 3.20. The Balaban J connectivity index is 1.78. The Bertz CT molecular complexity index is 306. The van der Waals surface area contributed by atoms with Crippen LogP contribution in [0.25, 0.3) is 0 Å². The Labute approximate surface area is 115 Å². The molecule has 4 aliphatic carbocycles. The van der Waals surface area contributed by atoms with Crippen LogP contribution in [0.5, 0.6) is 0 Å². The van der Waals surface area contributed by atoms with Crippen LogP contribution in [0.15, 0.2) is 0 Å². The summed E-state index contributed by atoms with van der Waals surface area (Å²) in [6.45, 7) is 2.21. The van der Waals surface area contributed by atoms with Gasteiger partial charge in [0, 0.05) is 6.04 Å². The van der Waals surface area contributed by atoms with Gasteiger partial charge in [0.1, 0.15) is 5.88 Å². The van der Waals surface area contributed by atoms with Crippen LogP contribution in [0.1, 0.15) is 51.9 Å². The maximum Gasteiger partial charge on any atom is 0.235 e. The molecule has 0 spiro atoms. The Morgan fingerprint density at radius 3 is 2.11 bits per heavy atom. The topological polar surface area (TPSA) is 29.1 Å². The van der Waals surface area contributed by atoms with Crippen molar-refractivity contribution in [2.75, 3.05) is 5.88 Å². The van der Waals surface area contributed by atoms with Crippen molar-refractivity contribution >= 4 is 17.5 Å². The van der Waals surface area contributed by atoms with Gasteiger partial charge in [-0.05, 0) is 68.1 Å². The molecule has 18 heavy (non-hydrogen) atoms. The van der Waals surface area contributed by atoms with E-state index in [0.29, 0.717) is 11.5 Å². The highest BCUT2D eigenvalue weighted by molar-refractivity contribution is 6.27. The zero-order valence-electron chi connectivity index (χ0n) is 11.3. The molecule has 0 aliphatic heterocycles. The predicted molar refractivity (Wildman–Crippen MR) is 73.5 cm³/mol. The summed E-state index contributed by atoms with van der Waals surface area (Å²) in [5.74, 6) is 2.94.